The van der Waals surface area contributed by atoms with Gasteiger partial charge in [0.05, 0.1) is 12.7 Å². The van der Waals surface area contributed by atoms with Crippen molar-refractivity contribution in [3.63, 3.8) is 0 Å². The van der Waals surface area contributed by atoms with Gasteiger partial charge in [-0.05, 0) is 87.6 Å². The molecule has 3 aliphatic rings. The molecule has 2 atom stereocenters. The fourth-order valence-corrected chi connectivity index (χ4v) is 5.28. The van der Waals surface area contributed by atoms with Gasteiger partial charge in [-0.3, -0.25) is 4.79 Å². The molecule has 26 heavy (non-hydrogen) atoms. The van der Waals surface area contributed by atoms with Crippen molar-refractivity contribution >= 4 is 5.78 Å². The maximum Gasteiger partial charge on any atom is 0.167 e. The molecule has 0 bridgehead atoms. The fraction of sp³-hybridized carbons (Fsp3) is 0.696. The molecule has 1 saturated heterocycles. The van der Waals surface area contributed by atoms with Crippen LogP contribution in [0.4, 0.5) is 0 Å². The molecule has 4 rings (SSSR count). The molecule has 2 saturated carbocycles. The molecule has 0 aromatic heterocycles. The van der Waals surface area contributed by atoms with E-state index in [1.165, 1.54) is 75.6 Å². The number of Topliss-reactive ketones (excluding diaryl/α,β-unsaturated/α-hetero) is 1. The quantitative estimate of drug-likeness (QED) is 0.664. The highest BCUT2D eigenvalue weighted by atomic mass is 16.5. The van der Waals surface area contributed by atoms with Gasteiger partial charge in [0.2, 0.25) is 0 Å². The zero-order valence-corrected chi connectivity index (χ0v) is 16.4. The van der Waals surface area contributed by atoms with Crippen LogP contribution in [-0.2, 0) is 0 Å². The lowest BCUT2D eigenvalue weighted by Crippen LogP contribution is -2.41. The first-order valence-electron chi connectivity index (χ1n) is 10.6. The number of carbonyl (C=O) groups excluding carboxylic acids is 1. The molecule has 0 unspecified atom stereocenters. The first-order chi connectivity index (χ1) is 12.7. The van der Waals surface area contributed by atoms with Crippen LogP contribution in [-0.4, -0.2) is 36.9 Å². The predicted octanol–water partition coefficient (Wildman–Crippen LogP) is 5.11. The van der Waals surface area contributed by atoms with Gasteiger partial charge in [-0.2, -0.15) is 0 Å². The predicted molar refractivity (Wildman–Crippen MR) is 105 cm³/mol. The number of hydrogen-bond donors (Lipinski definition) is 0. The van der Waals surface area contributed by atoms with Crippen LogP contribution in [0.5, 0.6) is 5.75 Å². The highest BCUT2D eigenvalue weighted by Crippen LogP contribution is 2.45. The molecule has 1 aromatic carbocycles. The first kappa shape index (κ1) is 18.0. The Labute approximate surface area is 158 Å². The number of nitrogens with zero attached hydrogens (tertiary/aromatic N) is 1. The van der Waals surface area contributed by atoms with Gasteiger partial charge in [0.25, 0.3) is 0 Å². The number of hydrogen-bond acceptors (Lipinski definition) is 3. The molecule has 3 nitrogen and oxygen atoms in total. The van der Waals surface area contributed by atoms with Crippen molar-refractivity contribution in [2.75, 3.05) is 20.2 Å². The highest BCUT2D eigenvalue weighted by Gasteiger charge is 2.35. The van der Waals surface area contributed by atoms with E-state index in [1.54, 1.807) is 7.11 Å². The van der Waals surface area contributed by atoms with Crippen LogP contribution in [0.2, 0.25) is 0 Å². The number of benzene rings is 1. The lowest BCUT2D eigenvalue weighted by Gasteiger charge is -2.38. The molecule has 3 fully saturated rings. The van der Waals surface area contributed by atoms with Gasteiger partial charge in [0, 0.05) is 12.5 Å². The van der Waals surface area contributed by atoms with Crippen molar-refractivity contribution in [2.24, 2.45) is 5.92 Å². The van der Waals surface area contributed by atoms with Crippen molar-refractivity contribution in [3.8, 4) is 5.75 Å². The number of methoxy groups -OCH3 is 1. The third-order valence-electron chi connectivity index (χ3n) is 6.72. The summed E-state index contributed by atoms with van der Waals surface area (Å²) in [7, 11) is 1.70. The second-order valence-electron chi connectivity index (χ2n) is 8.69. The Morgan fingerprint density at radius 1 is 1.08 bits per heavy atom. The van der Waals surface area contributed by atoms with Crippen LogP contribution >= 0.6 is 0 Å². The Kier molecular flexibility index (Phi) is 5.35. The largest absolute Gasteiger partial charge is 0.496 e. The third kappa shape index (κ3) is 3.69. The van der Waals surface area contributed by atoms with Crippen LogP contribution in [0.15, 0.2) is 12.1 Å². The standard InChI is InChI=1S/C23H33NO2/c1-16-13-19(17-9-10-17)23(22(14-16)26-2)21(25)15-18-7-3-4-8-20(18)24-11-5-6-12-24/h13-14,17-18,20H,3-12,15H2,1-2H3/t18-,20-/m1/s1. The van der Waals surface area contributed by atoms with Crippen LogP contribution in [0.3, 0.4) is 0 Å². The van der Waals surface area contributed by atoms with Crippen LogP contribution < -0.4 is 4.74 Å². The van der Waals surface area contributed by atoms with Gasteiger partial charge in [-0.25, -0.2) is 0 Å². The van der Waals surface area contributed by atoms with Gasteiger partial charge < -0.3 is 9.64 Å². The number of ether oxygens (including phenoxy) is 1. The summed E-state index contributed by atoms with van der Waals surface area (Å²) in [5.74, 6) is 2.21. The molecule has 0 spiro atoms. The van der Waals surface area contributed by atoms with E-state index in [0.29, 0.717) is 30.1 Å². The summed E-state index contributed by atoms with van der Waals surface area (Å²) in [6, 6.07) is 4.89. The van der Waals surface area contributed by atoms with E-state index in [9.17, 15) is 4.79 Å². The average Bonchev–Trinajstić information content (AvgIpc) is 3.35. The number of likely N-dealkylation sites (tertiary alicyclic amines) is 1. The van der Waals surface area contributed by atoms with Crippen LogP contribution in [0.25, 0.3) is 0 Å². The molecule has 1 aliphatic heterocycles. The summed E-state index contributed by atoms with van der Waals surface area (Å²) in [6.45, 7) is 4.57. The SMILES string of the molecule is COc1cc(C)cc(C2CC2)c1C(=O)C[C@H]1CCCC[C@H]1N1CCCC1. The van der Waals surface area contributed by atoms with E-state index in [4.69, 9.17) is 4.74 Å². The normalized spacial score (nSPS) is 26.8. The summed E-state index contributed by atoms with van der Waals surface area (Å²) in [6.07, 6.45) is 10.9. The van der Waals surface area contributed by atoms with E-state index in [-0.39, 0.29) is 0 Å². The second-order valence-corrected chi connectivity index (χ2v) is 8.69. The molecule has 2 aliphatic carbocycles. The zero-order chi connectivity index (χ0) is 18.1. The average molecular weight is 356 g/mol. The van der Waals surface area contributed by atoms with Crippen molar-refractivity contribution in [2.45, 2.75) is 76.7 Å². The molecule has 0 radical (unpaired) electrons. The number of ketones is 1. The van der Waals surface area contributed by atoms with Crippen molar-refractivity contribution in [3.05, 3.63) is 28.8 Å². The number of carbonyl (C=O) groups is 1. The molecule has 0 amide bonds. The minimum Gasteiger partial charge on any atom is -0.496 e. The molecule has 1 aromatic rings. The first-order valence-corrected chi connectivity index (χ1v) is 10.6. The van der Waals surface area contributed by atoms with E-state index in [1.807, 2.05) is 6.07 Å². The van der Waals surface area contributed by atoms with Gasteiger partial charge in [0.1, 0.15) is 5.75 Å². The van der Waals surface area contributed by atoms with Crippen molar-refractivity contribution in [1.29, 1.82) is 0 Å². The highest BCUT2D eigenvalue weighted by molar-refractivity contribution is 6.00. The minimum absolute atomic E-state index is 0.319. The Morgan fingerprint density at radius 3 is 2.50 bits per heavy atom. The van der Waals surface area contributed by atoms with E-state index < -0.39 is 0 Å². The zero-order valence-electron chi connectivity index (χ0n) is 16.4. The summed E-state index contributed by atoms with van der Waals surface area (Å²) in [5, 5.41) is 0. The minimum atomic E-state index is 0.319. The van der Waals surface area contributed by atoms with Crippen LogP contribution in [0, 0.1) is 12.8 Å². The summed E-state index contributed by atoms with van der Waals surface area (Å²) >= 11 is 0. The smallest absolute Gasteiger partial charge is 0.167 e. The van der Waals surface area contributed by atoms with Gasteiger partial charge >= 0.3 is 0 Å². The van der Waals surface area contributed by atoms with E-state index >= 15 is 0 Å². The maximum atomic E-state index is 13.4. The second kappa shape index (κ2) is 7.72. The topological polar surface area (TPSA) is 29.5 Å². The molecule has 0 N–H and O–H groups in total. The summed E-state index contributed by atoms with van der Waals surface area (Å²) in [4.78, 5) is 16.1. The summed E-state index contributed by atoms with van der Waals surface area (Å²) < 4.78 is 5.65. The molecule has 142 valence electrons. The van der Waals surface area contributed by atoms with Gasteiger partial charge in [-0.1, -0.05) is 18.9 Å². The Hall–Kier alpha value is -1.35. The van der Waals surface area contributed by atoms with Crippen LogP contribution in [0.1, 0.15) is 85.2 Å². The number of rotatable bonds is 6. The lowest BCUT2D eigenvalue weighted by molar-refractivity contribution is 0.0843. The lowest BCUT2D eigenvalue weighted by atomic mass is 9.79. The van der Waals surface area contributed by atoms with Crippen molar-refractivity contribution < 1.29 is 9.53 Å². The van der Waals surface area contributed by atoms with Gasteiger partial charge in [0.15, 0.2) is 5.78 Å². The van der Waals surface area contributed by atoms with E-state index in [0.717, 1.165) is 11.3 Å². The Morgan fingerprint density at radius 2 is 1.81 bits per heavy atom. The Balaban J connectivity index is 1.57. The van der Waals surface area contributed by atoms with Crippen molar-refractivity contribution in [1.82, 2.24) is 4.90 Å². The maximum absolute atomic E-state index is 13.4. The van der Waals surface area contributed by atoms with E-state index in [2.05, 4.69) is 17.9 Å². The van der Waals surface area contributed by atoms with Gasteiger partial charge in [-0.15, -0.1) is 0 Å². The third-order valence-corrected chi connectivity index (χ3v) is 6.72. The molecular weight excluding hydrogens is 322 g/mol. The molecular formula is C23H33NO2. The fourth-order valence-electron chi connectivity index (χ4n) is 5.28. The Bertz CT molecular complexity index is 658. The molecule has 3 heteroatoms. The monoisotopic (exact) mass is 355 g/mol. The number of aryl methyl sites for hydroxylation is 1. The molecule has 1 heterocycles. The summed E-state index contributed by atoms with van der Waals surface area (Å²) in [5.41, 5.74) is 3.35.